The molecule has 0 bridgehead atoms. The maximum atomic E-state index is 12.6. The van der Waals surface area contributed by atoms with Crippen LogP contribution in [0.2, 0.25) is 0 Å². The lowest BCUT2D eigenvalue weighted by Crippen LogP contribution is -2.28. The van der Waals surface area contributed by atoms with Crippen LogP contribution in [-0.2, 0) is 15.3 Å². The van der Waals surface area contributed by atoms with Crippen LogP contribution in [0.3, 0.4) is 0 Å². The molecular weight excluding hydrogens is 458 g/mol. The number of hydrogen-bond acceptors (Lipinski definition) is 9. The lowest BCUT2D eigenvalue weighted by atomic mass is 10.1. The molecule has 0 saturated carbocycles. The molecular formula is C24H23N3O6S. The summed E-state index contributed by atoms with van der Waals surface area (Å²) in [5, 5.41) is 0.586. The van der Waals surface area contributed by atoms with E-state index >= 15 is 0 Å². The van der Waals surface area contributed by atoms with Gasteiger partial charge >= 0.3 is 5.97 Å². The second kappa shape index (κ2) is 10.1. The summed E-state index contributed by atoms with van der Waals surface area (Å²) in [6, 6.07) is 10.1. The third-order valence-corrected chi connectivity index (χ3v) is 6.08. The molecule has 0 N–H and O–H groups in total. The number of hydrogen-bond donors (Lipinski definition) is 0. The van der Waals surface area contributed by atoms with Crippen molar-refractivity contribution in [1.82, 2.24) is 9.97 Å². The summed E-state index contributed by atoms with van der Waals surface area (Å²) in [6.07, 6.45) is 1.12. The van der Waals surface area contributed by atoms with Crippen LogP contribution < -0.4 is 19.8 Å². The molecule has 1 aliphatic rings. The molecule has 1 atom stereocenters. The third-order valence-electron chi connectivity index (χ3n) is 5.21. The van der Waals surface area contributed by atoms with Crippen molar-refractivity contribution in [3.63, 3.8) is 0 Å². The first kappa shape index (κ1) is 23.5. The number of carbonyl (C=O) groups is 2. The summed E-state index contributed by atoms with van der Waals surface area (Å²) < 4.78 is 15.9. The van der Waals surface area contributed by atoms with Crippen LogP contribution in [0, 0.1) is 19.8 Å². The predicted octanol–water partition coefficient (Wildman–Crippen LogP) is 3.31. The fourth-order valence-corrected chi connectivity index (χ4v) is 4.39. The number of aryl methyl sites for hydroxylation is 2. The normalized spacial score (nSPS) is 15.4. The van der Waals surface area contributed by atoms with Crippen molar-refractivity contribution in [2.45, 2.75) is 31.2 Å². The summed E-state index contributed by atoms with van der Waals surface area (Å²) >= 11 is 1.34. The molecule has 10 heteroatoms. The zero-order chi connectivity index (χ0) is 24.2. The van der Waals surface area contributed by atoms with E-state index in [4.69, 9.17) is 13.9 Å². The van der Waals surface area contributed by atoms with Crippen LogP contribution in [0.5, 0.6) is 11.5 Å². The van der Waals surface area contributed by atoms with Gasteiger partial charge in [-0.1, -0.05) is 11.8 Å². The molecule has 3 aromatic rings. The van der Waals surface area contributed by atoms with Crippen LogP contribution >= 0.6 is 11.8 Å². The molecule has 176 valence electrons. The number of aromatic nitrogens is 2. The van der Waals surface area contributed by atoms with Gasteiger partial charge in [-0.15, -0.1) is 0 Å². The minimum Gasteiger partial charge on any atom is -0.497 e. The van der Waals surface area contributed by atoms with Gasteiger partial charge in [-0.05, 0) is 44.2 Å². The Morgan fingerprint density at radius 1 is 1.15 bits per heavy atom. The highest BCUT2D eigenvalue weighted by Crippen LogP contribution is 2.28. The number of anilines is 1. The van der Waals surface area contributed by atoms with Crippen LogP contribution in [0.1, 0.15) is 23.6 Å². The average molecular weight is 482 g/mol. The Morgan fingerprint density at radius 2 is 1.85 bits per heavy atom. The summed E-state index contributed by atoms with van der Waals surface area (Å²) in [5.74, 6) is -0.327. The lowest BCUT2D eigenvalue weighted by molar-refractivity contribution is -0.139. The van der Waals surface area contributed by atoms with Crippen LogP contribution in [0.15, 0.2) is 57.0 Å². The van der Waals surface area contributed by atoms with Crippen LogP contribution in [0.4, 0.5) is 5.69 Å². The summed E-state index contributed by atoms with van der Waals surface area (Å²) in [7, 11) is 1.56. The number of ether oxygens (including phenoxy) is 2. The van der Waals surface area contributed by atoms with E-state index in [1.54, 1.807) is 31.4 Å². The van der Waals surface area contributed by atoms with E-state index in [0.717, 1.165) is 17.7 Å². The van der Waals surface area contributed by atoms with Crippen LogP contribution in [0.25, 0.3) is 0 Å². The Morgan fingerprint density at radius 3 is 2.50 bits per heavy atom. The molecule has 0 unspecified atom stereocenters. The standard InChI is InChI=1S/C24H23N3O6S/c1-14-8-15(2)26-24(25-14)34-13-19-10-20(28)21(12-32-19)33-23(30)16-9-22(29)27(11-16)17-4-6-18(31-3)7-5-17/h4-8,10,12,16H,9,11,13H2,1-3H3/t16-/m1/s1. The van der Waals surface area contributed by atoms with Gasteiger partial charge in [-0.25, -0.2) is 9.97 Å². The molecule has 0 radical (unpaired) electrons. The van der Waals surface area contributed by atoms with E-state index in [1.807, 2.05) is 19.9 Å². The smallest absolute Gasteiger partial charge is 0.316 e. The number of rotatable bonds is 7. The molecule has 1 amide bonds. The molecule has 2 aromatic heterocycles. The summed E-state index contributed by atoms with van der Waals surface area (Å²) in [4.78, 5) is 47.7. The van der Waals surface area contributed by atoms with Gasteiger partial charge in [0.25, 0.3) is 0 Å². The quantitative estimate of drug-likeness (QED) is 0.285. The van der Waals surface area contributed by atoms with Crippen molar-refractivity contribution < 1.29 is 23.5 Å². The maximum Gasteiger partial charge on any atom is 0.316 e. The van der Waals surface area contributed by atoms with E-state index in [0.29, 0.717) is 28.1 Å². The van der Waals surface area contributed by atoms with E-state index in [2.05, 4.69) is 9.97 Å². The molecule has 34 heavy (non-hydrogen) atoms. The molecule has 1 fully saturated rings. The Kier molecular flexibility index (Phi) is 6.97. The van der Waals surface area contributed by atoms with Gasteiger partial charge in [0.05, 0.1) is 18.8 Å². The molecule has 4 rings (SSSR count). The number of carbonyl (C=O) groups excluding carboxylic acids is 2. The van der Waals surface area contributed by atoms with Gasteiger partial charge in [-0.3, -0.25) is 14.4 Å². The zero-order valence-electron chi connectivity index (χ0n) is 18.9. The topological polar surface area (TPSA) is 112 Å². The molecule has 1 aliphatic heterocycles. The van der Waals surface area contributed by atoms with Crippen molar-refractivity contribution in [1.29, 1.82) is 0 Å². The second-order valence-electron chi connectivity index (χ2n) is 7.82. The van der Waals surface area contributed by atoms with E-state index in [1.165, 1.54) is 22.7 Å². The van der Waals surface area contributed by atoms with Gasteiger partial charge in [0.15, 0.2) is 5.16 Å². The fourth-order valence-electron chi connectivity index (χ4n) is 3.55. The molecule has 3 heterocycles. The first-order valence-corrected chi connectivity index (χ1v) is 11.5. The first-order valence-electron chi connectivity index (χ1n) is 10.6. The van der Waals surface area contributed by atoms with Crippen molar-refractivity contribution in [3.05, 3.63) is 70.0 Å². The van der Waals surface area contributed by atoms with Gasteiger partial charge in [0, 0.05) is 36.1 Å². The second-order valence-corrected chi connectivity index (χ2v) is 8.76. The highest BCUT2D eigenvalue weighted by molar-refractivity contribution is 7.98. The highest BCUT2D eigenvalue weighted by Gasteiger charge is 2.36. The Hall–Kier alpha value is -3.66. The van der Waals surface area contributed by atoms with Crippen LogP contribution in [-0.4, -0.2) is 35.5 Å². The van der Waals surface area contributed by atoms with Gasteiger partial charge in [0.2, 0.25) is 17.1 Å². The van der Waals surface area contributed by atoms with Crippen molar-refractivity contribution in [3.8, 4) is 11.5 Å². The Bertz CT molecular complexity index is 1250. The number of amides is 1. The lowest BCUT2D eigenvalue weighted by Gasteiger charge is -2.16. The molecule has 1 saturated heterocycles. The Labute approximate surface area is 200 Å². The van der Waals surface area contributed by atoms with E-state index < -0.39 is 17.3 Å². The fraction of sp³-hybridized carbons (Fsp3) is 0.292. The zero-order valence-corrected chi connectivity index (χ0v) is 19.8. The van der Waals surface area contributed by atoms with Gasteiger partial charge in [-0.2, -0.15) is 0 Å². The number of esters is 1. The number of nitrogens with zero attached hydrogens (tertiary/aromatic N) is 3. The third kappa shape index (κ3) is 5.45. The van der Waals surface area contributed by atoms with Gasteiger partial charge in [0.1, 0.15) is 17.8 Å². The molecule has 9 nitrogen and oxygen atoms in total. The summed E-state index contributed by atoms with van der Waals surface area (Å²) in [6.45, 7) is 3.94. The number of thioether (sulfide) groups is 1. The number of methoxy groups -OCH3 is 1. The minimum absolute atomic E-state index is 0.000822. The SMILES string of the molecule is COc1ccc(N2C[C@H](C(=O)Oc3coc(CSc4nc(C)cc(C)n4)cc3=O)CC2=O)cc1. The van der Waals surface area contributed by atoms with Crippen molar-refractivity contribution >= 4 is 29.3 Å². The van der Waals surface area contributed by atoms with Gasteiger partial charge < -0.3 is 18.8 Å². The average Bonchev–Trinajstić information content (AvgIpc) is 3.20. The molecule has 0 spiro atoms. The molecule has 1 aromatic carbocycles. The summed E-state index contributed by atoms with van der Waals surface area (Å²) in [5.41, 5.74) is 1.90. The monoisotopic (exact) mass is 481 g/mol. The van der Waals surface area contributed by atoms with Crippen molar-refractivity contribution in [2.75, 3.05) is 18.6 Å². The first-order chi connectivity index (χ1) is 16.3. The van der Waals surface area contributed by atoms with E-state index in [9.17, 15) is 14.4 Å². The van der Waals surface area contributed by atoms with E-state index in [-0.39, 0.29) is 24.6 Å². The maximum absolute atomic E-state index is 12.6. The largest absolute Gasteiger partial charge is 0.497 e. The minimum atomic E-state index is -0.689. The molecule has 0 aliphatic carbocycles. The number of benzene rings is 1. The highest BCUT2D eigenvalue weighted by atomic mass is 32.2. The van der Waals surface area contributed by atoms with Crippen molar-refractivity contribution in [2.24, 2.45) is 5.92 Å². The predicted molar refractivity (Wildman–Crippen MR) is 125 cm³/mol. The Balaban J connectivity index is 1.37.